The normalized spacial score (nSPS) is 54.5. The summed E-state index contributed by atoms with van der Waals surface area (Å²) >= 11 is 0. The largest absolute Gasteiger partial charge is 0.462 e. The van der Waals surface area contributed by atoms with E-state index in [0.717, 1.165) is 0 Å². The average Bonchev–Trinajstić information content (AvgIpc) is 3.08. The van der Waals surface area contributed by atoms with E-state index in [-0.39, 0.29) is 24.7 Å². The Bertz CT molecular complexity index is 996. The van der Waals surface area contributed by atoms with Gasteiger partial charge in [0.15, 0.2) is 6.29 Å². The summed E-state index contributed by atoms with van der Waals surface area (Å²) in [5, 5.41) is 76.1. The van der Waals surface area contributed by atoms with Crippen LogP contribution in [0.15, 0.2) is 12.2 Å². The summed E-state index contributed by atoms with van der Waals surface area (Å²) in [6, 6.07) is 0. The summed E-state index contributed by atoms with van der Waals surface area (Å²) in [6.45, 7) is 10.4. The minimum absolute atomic E-state index is 0.0878. The van der Waals surface area contributed by atoms with Crippen molar-refractivity contribution in [2.24, 2.45) is 28.6 Å². The summed E-state index contributed by atoms with van der Waals surface area (Å²) < 4.78 is 17.6. The quantitative estimate of drug-likeness (QED) is 0.173. The minimum Gasteiger partial charge on any atom is -0.462 e. The highest BCUT2D eigenvalue weighted by atomic mass is 16.7. The second kappa shape index (κ2) is 9.43. The number of aliphatic hydroxyl groups excluding tert-OH is 5. The molecule has 14 atom stereocenters. The zero-order chi connectivity index (χ0) is 28.9. The highest BCUT2D eigenvalue weighted by Gasteiger charge is 2.73. The highest BCUT2D eigenvalue weighted by Crippen LogP contribution is 2.69. The monoisotopic (exact) mass is 556 g/mol. The van der Waals surface area contributed by atoms with Gasteiger partial charge < -0.3 is 50.0 Å². The molecule has 11 heteroatoms. The predicted molar refractivity (Wildman–Crippen MR) is 135 cm³/mol. The predicted octanol–water partition coefficient (Wildman–Crippen LogP) is -0.631. The number of esters is 1. The zero-order valence-electron chi connectivity index (χ0n) is 23.1. The van der Waals surface area contributed by atoms with Crippen LogP contribution in [-0.4, -0.2) is 109 Å². The van der Waals surface area contributed by atoms with E-state index in [2.05, 4.69) is 6.58 Å². The number of hydrogen-bond acceptors (Lipinski definition) is 11. The third-order valence-electron chi connectivity index (χ3n) is 11.1. The Morgan fingerprint density at radius 1 is 1.05 bits per heavy atom. The Morgan fingerprint density at radius 2 is 1.72 bits per heavy atom. The molecule has 4 aliphatic carbocycles. The lowest BCUT2D eigenvalue weighted by Gasteiger charge is -2.48. The molecule has 1 aliphatic heterocycles. The summed E-state index contributed by atoms with van der Waals surface area (Å²) in [5.41, 5.74) is -4.03. The van der Waals surface area contributed by atoms with Crippen LogP contribution in [0.25, 0.3) is 0 Å². The Morgan fingerprint density at radius 3 is 2.33 bits per heavy atom. The molecule has 2 bridgehead atoms. The molecular weight excluding hydrogens is 512 g/mol. The lowest BCUT2D eigenvalue weighted by Crippen LogP contribution is -2.61. The molecule has 1 heterocycles. The van der Waals surface area contributed by atoms with Crippen LogP contribution in [0.1, 0.15) is 59.8 Å². The molecule has 5 aliphatic rings. The van der Waals surface area contributed by atoms with E-state index in [4.69, 9.17) is 14.2 Å². The fourth-order valence-corrected chi connectivity index (χ4v) is 9.12. The Hall–Kier alpha value is -1.15. The third kappa shape index (κ3) is 3.99. The summed E-state index contributed by atoms with van der Waals surface area (Å²) in [4.78, 5) is 12.1. The van der Waals surface area contributed by atoms with E-state index in [0.29, 0.717) is 24.8 Å². The van der Waals surface area contributed by atoms with Gasteiger partial charge in [-0.1, -0.05) is 26.0 Å². The molecule has 0 amide bonds. The first kappa shape index (κ1) is 29.3. The van der Waals surface area contributed by atoms with Crippen molar-refractivity contribution in [3.63, 3.8) is 0 Å². The van der Waals surface area contributed by atoms with Crippen LogP contribution in [0.3, 0.4) is 0 Å². The molecule has 1 saturated heterocycles. The van der Waals surface area contributed by atoms with Gasteiger partial charge in [0.1, 0.15) is 36.1 Å². The molecule has 39 heavy (non-hydrogen) atoms. The van der Waals surface area contributed by atoms with Crippen LogP contribution in [0.4, 0.5) is 0 Å². The molecule has 7 N–H and O–H groups in total. The molecule has 0 unspecified atom stereocenters. The maximum Gasteiger partial charge on any atom is 0.302 e. The van der Waals surface area contributed by atoms with Crippen molar-refractivity contribution in [3.8, 4) is 0 Å². The maximum atomic E-state index is 12.4. The van der Waals surface area contributed by atoms with Crippen LogP contribution in [-0.2, 0) is 19.0 Å². The van der Waals surface area contributed by atoms with E-state index < -0.39 is 89.5 Å². The molecule has 0 radical (unpaired) electrons. The van der Waals surface area contributed by atoms with Crippen LogP contribution >= 0.6 is 0 Å². The first-order valence-corrected chi connectivity index (χ1v) is 14.0. The van der Waals surface area contributed by atoms with Crippen LogP contribution in [0, 0.1) is 28.6 Å². The van der Waals surface area contributed by atoms with Gasteiger partial charge in [0.2, 0.25) is 0 Å². The molecule has 0 aromatic carbocycles. The first-order valence-electron chi connectivity index (χ1n) is 14.0. The van der Waals surface area contributed by atoms with Crippen LogP contribution in [0.5, 0.6) is 0 Å². The van der Waals surface area contributed by atoms with E-state index >= 15 is 0 Å². The molecule has 5 fully saturated rings. The van der Waals surface area contributed by atoms with Crippen molar-refractivity contribution in [2.75, 3.05) is 6.61 Å². The molecule has 0 aromatic heterocycles. The van der Waals surface area contributed by atoms with Crippen molar-refractivity contribution in [1.29, 1.82) is 0 Å². The Kier molecular flexibility index (Phi) is 7.10. The van der Waals surface area contributed by atoms with E-state index in [1.807, 2.05) is 0 Å². The molecule has 0 aromatic rings. The van der Waals surface area contributed by atoms with Gasteiger partial charge in [-0.2, -0.15) is 0 Å². The lowest BCUT2D eigenvalue weighted by molar-refractivity contribution is -0.321. The van der Waals surface area contributed by atoms with E-state index in [1.165, 1.54) is 6.92 Å². The van der Waals surface area contributed by atoms with Gasteiger partial charge >= 0.3 is 5.97 Å². The van der Waals surface area contributed by atoms with E-state index in [9.17, 15) is 40.5 Å². The van der Waals surface area contributed by atoms with Gasteiger partial charge in [-0.25, -0.2) is 0 Å². The number of aliphatic hydroxyl groups is 7. The van der Waals surface area contributed by atoms with Crippen LogP contribution < -0.4 is 0 Å². The zero-order valence-corrected chi connectivity index (χ0v) is 23.1. The topological polar surface area (TPSA) is 186 Å². The Balaban J connectivity index is 1.48. The lowest BCUT2D eigenvalue weighted by atomic mass is 9.61. The molecule has 11 nitrogen and oxygen atoms in total. The fourth-order valence-electron chi connectivity index (χ4n) is 9.12. The van der Waals surface area contributed by atoms with Gasteiger partial charge in [0.25, 0.3) is 0 Å². The number of carbonyl (C=O) groups excluding carboxylic acids is 1. The SMILES string of the molecule is C=C1[C@@H]2CC[C@@H]3[C@@H](OC(C)=O)[C@@]2(C[C@@H](O)[C@@]2(O)[C@H]1C[C@H](O[C@@H]1O[C@H](CO)[C@@H](O)[C@H](O)[C@H]1O)C2(C)C)C[C@@]3(C)O. The summed E-state index contributed by atoms with van der Waals surface area (Å²) in [7, 11) is 0. The summed E-state index contributed by atoms with van der Waals surface area (Å²) in [6.07, 6.45) is -8.06. The van der Waals surface area contributed by atoms with Gasteiger partial charge in [-0.3, -0.25) is 4.79 Å². The van der Waals surface area contributed by atoms with Crippen molar-refractivity contribution in [1.82, 2.24) is 0 Å². The second-order valence-electron chi connectivity index (χ2n) is 13.5. The molecule has 222 valence electrons. The van der Waals surface area contributed by atoms with Gasteiger partial charge in [-0.05, 0) is 44.9 Å². The third-order valence-corrected chi connectivity index (χ3v) is 11.1. The molecule has 4 saturated carbocycles. The van der Waals surface area contributed by atoms with Gasteiger partial charge in [-0.15, -0.1) is 0 Å². The van der Waals surface area contributed by atoms with E-state index in [1.54, 1.807) is 20.8 Å². The maximum absolute atomic E-state index is 12.4. The fraction of sp³-hybridized carbons (Fsp3) is 0.893. The standard InChI is InChI=1S/C28H44O11/c1-12-14-6-7-15-23(37-13(2)30)27(14,11-26(15,5)35)9-18(31)28(36)16(12)8-19(25(28,3)4)39-24-22(34)21(33)20(32)17(10-29)38-24/h14-24,29,31-36H,1,6-11H2,2-5H3/t14-,15+,16-,17+,18+,19-,20+,21-,22+,23+,24-,26+,27-,28-/m0/s1. The number of hydrogen-bond donors (Lipinski definition) is 7. The average molecular weight is 557 g/mol. The van der Waals surface area contributed by atoms with Crippen molar-refractivity contribution in [3.05, 3.63) is 12.2 Å². The minimum atomic E-state index is -1.72. The van der Waals surface area contributed by atoms with Crippen LogP contribution in [0.2, 0.25) is 0 Å². The highest BCUT2D eigenvalue weighted by molar-refractivity contribution is 5.66. The number of ether oxygens (including phenoxy) is 3. The first-order chi connectivity index (χ1) is 18.0. The van der Waals surface area contributed by atoms with Crippen molar-refractivity contribution < 1.29 is 54.8 Å². The number of carbonyl (C=O) groups is 1. The smallest absolute Gasteiger partial charge is 0.302 e. The molecular formula is C28H44O11. The number of rotatable bonds is 4. The van der Waals surface area contributed by atoms with Gasteiger partial charge in [0.05, 0.1) is 24.4 Å². The second-order valence-corrected chi connectivity index (χ2v) is 13.5. The molecule has 1 spiro atoms. The van der Waals surface area contributed by atoms with Crippen molar-refractivity contribution >= 4 is 5.97 Å². The van der Waals surface area contributed by atoms with Crippen molar-refractivity contribution in [2.45, 2.75) is 120 Å². The molecule has 5 rings (SSSR count). The number of fused-ring (bicyclic) bond motifs is 2. The summed E-state index contributed by atoms with van der Waals surface area (Å²) in [5.74, 6) is -1.61. The van der Waals surface area contributed by atoms with Gasteiger partial charge in [0, 0.05) is 29.6 Å². The Labute approximate surface area is 228 Å².